The van der Waals surface area contributed by atoms with Gasteiger partial charge in [0.15, 0.2) is 5.69 Å². The molecule has 0 fully saturated rings. The molecule has 0 atom stereocenters. The summed E-state index contributed by atoms with van der Waals surface area (Å²) in [6.45, 7) is 6.77. The van der Waals surface area contributed by atoms with Gasteiger partial charge in [0.2, 0.25) is 5.91 Å². The zero-order chi connectivity index (χ0) is 18.4. The third-order valence-corrected chi connectivity index (χ3v) is 3.22. The Labute approximate surface area is 145 Å². The van der Waals surface area contributed by atoms with Gasteiger partial charge in [-0.2, -0.15) is 0 Å². The zero-order valence-electron chi connectivity index (χ0n) is 14.5. The number of carbonyl (C=O) groups excluding carboxylic acids is 1. The molecule has 0 saturated carbocycles. The lowest BCUT2D eigenvalue weighted by atomic mass is 10.1. The first-order valence-electron chi connectivity index (χ1n) is 7.85. The Bertz CT molecular complexity index is 749. The monoisotopic (exact) mass is 346 g/mol. The molecule has 2 rings (SSSR count). The number of carbonyl (C=O) groups is 2. The Balaban J connectivity index is 1.85. The van der Waals surface area contributed by atoms with Crippen molar-refractivity contribution in [3.63, 3.8) is 0 Å². The molecule has 134 valence electrons. The summed E-state index contributed by atoms with van der Waals surface area (Å²) in [5.74, 6) is -1.46. The van der Waals surface area contributed by atoms with Crippen LogP contribution in [-0.4, -0.2) is 37.6 Å². The highest BCUT2D eigenvalue weighted by molar-refractivity contribution is 5.84. The normalized spacial score (nSPS) is 11.3. The minimum Gasteiger partial charge on any atom is -0.476 e. The van der Waals surface area contributed by atoms with Gasteiger partial charge in [0.1, 0.15) is 6.54 Å². The van der Waals surface area contributed by atoms with E-state index in [4.69, 9.17) is 9.84 Å². The SMILES string of the molecule is CC(C)(C)OCc1cccc(CNC(=O)Cn2cc(C(=O)O)nn2)c1. The first kappa shape index (κ1) is 18.6. The van der Waals surface area contributed by atoms with Gasteiger partial charge in [-0.25, -0.2) is 9.48 Å². The summed E-state index contributed by atoms with van der Waals surface area (Å²) in [5, 5.41) is 18.6. The highest BCUT2D eigenvalue weighted by Crippen LogP contribution is 2.13. The van der Waals surface area contributed by atoms with E-state index in [9.17, 15) is 9.59 Å². The fourth-order valence-corrected chi connectivity index (χ4v) is 2.01. The molecule has 0 spiro atoms. The molecule has 0 aliphatic heterocycles. The van der Waals surface area contributed by atoms with Crippen LogP contribution in [-0.2, 0) is 29.2 Å². The number of nitrogens with one attached hydrogen (secondary N) is 1. The van der Waals surface area contributed by atoms with Crippen molar-refractivity contribution in [2.45, 2.75) is 46.1 Å². The summed E-state index contributed by atoms with van der Waals surface area (Å²) in [5.41, 5.74) is 1.58. The second-order valence-electron chi connectivity index (χ2n) is 6.60. The maximum absolute atomic E-state index is 11.9. The highest BCUT2D eigenvalue weighted by atomic mass is 16.5. The van der Waals surface area contributed by atoms with E-state index < -0.39 is 5.97 Å². The van der Waals surface area contributed by atoms with E-state index in [1.165, 1.54) is 10.9 Å². The quantitative estimate of drug-likeness (QED) is 0.789. The fraction of sp³-hybridized carbons (Fsp3) is 0.412. The van der Waals surface area contributed by atoms with Gasteiger partial charge < -0.3 is 15.2 Å². The van der Waals surface area contributed by atoms with Crippen LogP contribution in [0.3, 0.4) is 0 Å². The number of aromatic carboxylic acids is 1. The van der Waals surface area contributed by atoms with Gasteiger partial charge >= 0.3 is 5.97 Å². The summed E-state index contributed by atoms with van der Waals surface area (Å²) < 4.78 is 6.93. The summed E-state index contributed by atoms with van der Waals surface area (Å²) in [7, 11) is 0. The Morgan fingerprint density at radius 2 is 2.00 bits per heavy atom. The third-order valence-electron chi connectivity index (χ3n) is 3.22. The third kappa shape index (κ3) is 6.34. The second-order valence-corrected chi connectivity index (χ2v) is 6.60. The van der Waals surface area contributed by atoms with E-state index in [-0.39, 0.29) is 23.7 Å². The summed E-state index contributed by atoms with van der Waals surface area (Å²) in [6.07, 6.45) is 1.21. The lowest BCUT2D eigenvalue weighted by Crippen LogP contribution is -2.27. The first-order chi connectivity index (χ1) is 11.7. The van der Waals surface area contributed by atoms with Crippen LogP contribution < -0.4 is 5.32 Å². The van der Waals surface area contributed by atoms with Crippen molar-refractivity contribution in [1.82, 2.24) is 20.3 Å². The molecule has 0 radical (unpaired) electrons. The number of rotatable bonds is 7. The minimum absolute atomic E-state index is 0.0902. The van der Waals surface area contributed by atoms with E-state index >= 15 is 0 Å². The topological polar surface area (TPSA) is 106 Å². The molecule has 1 amide bonds. The van der Waals surface area contributed by atoms with Crippen LogP contribution in [0.15, 0.2) is 30.5 Å². The molecule has 0 aliphatic carbocycles. The maximum atomic E-state index is 11.9. The molecular formula is C17H22N4O4. The molecule has 25 heavy (non-hydrogen) atoms. The highest BCUT2D eigenvalue weighted by Gasteiger charge is 2.11. The molecule has 1 heterocycles. The summed E-state index contributed by atoms with van der Waals surface area (Å²) in [6, 6.07) is 7.78. The minimum atomic E-state index is -1.18. The Morgan fingerprint density at radius 1 is 1.28 bits per heavy atom. The van der Waals surface area contributed by atoms with E-state index in [2.05, 4.69) is 15.6 Å². The Morgan fingerprint density at radius 3 is 2.64 bits per heavy atom. The lowest BCUT2D eigenvalue weighted by Gasteiger charge is -2.19. The van der Waals surface area contributed by atoms with Crippen molar-refractivity contribution >= 4 is 11.9 Å². The standard InChI is InChI=1S/C17H22N4O4/c1-17(2,3)25-11-13-6-4-5-12(7-13)8-18-15(22)10-21-9-14(16(23)24)19-20-21/h4-7,9H,8,10-11H2,1-3H3,(H,18,22)(H,23,24). The van der Waals surface area contributed by atoms with Crippen molar-refractivity contribution in [2.75, 3.05) is 0 Å². The number of carboxylic acids is 1. The number of carboxylic acid groups (broad SMARTS) is 1. The molecule has 8 heteroatoms. The van der Waals surface area contributed by atoms with Crippen LogP contribution in [0.5, 0.6) is 0 Å². The van der Waals surface area contributed by atoms with E-state index in [1.54, 1.807) is 0 Å². The van der Waals surface area contributed by atoms with Gasteiger partial charge in [0.25, 0.3) is 0 Å². The van der Waals surface area contributed by atoms with Gasteiger partial charge in [-0.05, 0) is 31.9 Å². The predicted molar refractivity (Wildman–Crippen MR) is 89.8 cm³/mol. The molecule has 0 aliphatic rings. The van der Waals surface area contributed by atoms with Crippen molar-refractivity contribution in [3.05, 3.63) is 47.3 Å². The maximum Gasteiger partial charge on any atom is 0.358 e. The molecule has 2 N–H and O–H groups in total. The van der Waals surface area contributed by atoms with Crippen molar-refractivity contribution in [3.8, 4) is 0 Å². The van der Waals surface area contributed by atoms with Crippen LogP contribution in [0, 0.1) is 0 Å². The van der Waals surface area contributed by atoms with E-state index in [0.29, 0.717) is 13.2 Å². The average molecular weight is 346 g/mol. The molecule has 8 nitrogen and oxygen atoms in total. The molecule has 2 aromatic rings. The fourth-order valence-electron chi connectivity index (χ4n) is 2.01. The van der Waals surface area contributed by atoms with Crippen LogP contribution >= 0.6 is 0 Å². The molecule has 1 aromatic carbocycles. The number of hydrogen-bond acceptors (Lipinski definition) is 5. The van der Waals surface area contributed by atoms with E-state index in [0.717, 1.165) is 11.1 Å². The van der Waals surface area contributed by atoms with Crippen molar-refractivity contribution in [2.24, 2.45) is 0 Å². The Hall–Kier alpha value is -2.74. The Kier molecular flexibility index (Phi) is 5.87. The number of aromatic nitrogens is 3. The van der Waals surface area contributed by atoms with Crippen molar-refractivity contribution in [1.29, 1.82) is 0 Å². The number of benzene rings is 1. The number of nitrogens with zero attached hydrogens (tertiary/aromatic N) is 3. The first-order valence-corrected chi connectivity index (χ1v) is 7.85. The molecule has 0 saturated heterocycles. The average Bonchev–Trinajstić information content (AvgIpc) is 2.99. The second kappa shape index (κ2) is 7.89. The number of hydrogen-bond donors (Lipinski definition) is 2. The van der Waals surface area contributed by atoms with Crippen LogP contribution in [0.4, 0.5) is 0 Å². The van der Waals surface area contributed by atoms with Crippen LogP contribution in [0.25, 0.3) is 0 Å². The molecule has 0 unspecified atom stereocenters. The molecular weight excluding hydrogens is 324 g/mol. The van der Waals surface area contributed by atoms with Gasteiger partial charge in [0, 0.05) is 6.54 Å². The van der Waals surface area contributed by atoms with E-state index in [1.807, 2.05) is 45.0 Å². The van der Waals surface area contributed by atoms with Gasteiger partial charge in [-0.15, -0.1) is 5.10 Å². The lowest BCUT2D eigenvalue weighted by molar-refractivity contribution is -0.122. The number of amides is 1. The van der Waals surface area contributed by atoms with Crippen molar-refractivity contribution < 1.29 is 19.4 Å². The summed E-state index contributed by atoms with van der Waals surface area (Å²) in [4.78, 5) is 22.7. The zero-order valence-corrected chi connectivity index (χ0v) is 14.5. The predicted octanol–water partition coefficient (Wildman–Crippen LogP) is 1.61. The van der Waals surface area contributed by atoms with Gasteiger partial charge in [0.05, 0.1) is 18.4 Å². The van der Waals surface area contributed by atoms with Crippen LogP contribution in [0.1, 0.15) is 42.4 Å². The molecule has 0 bridgehead atoms. The van der Waals surface area contributed by atoms with Crippen LogP contribution in [0.2, 0.25) is 0 Å². The smallest absolute Gasteiger partial charge is 0.358 e. The molecule has 1 aromatic heterocycles. The summed E-state index contributed by atoms with van der Waals surface area (Å²) >= 11 is 0. The van der Waals surface area contributed by atoms with Gasteiger partial charge in [-0.1, -0.05) is 29.5 Å². The largest absolute Gasteiger partial charge is 0.476 e. The number of ether oxygens (including phenoxy) is 1. The van der Waals surface area contributed by atoms with Gasteiger partial charge in [-0.3, -0.25) is 4.79 Å².